The van der Waals surface area contributed by atoms with E-state index in [9.17, 15) is 14.7 Å². The largest absolute Gasteiger partial charge is 0.507 e. The molecule has 2 heterocycles. The van der Waals surface area contributed by atoms with Crippen molar-refractivity contribution in [3.05, 3.63) is 94.0 Å². The van der Waals surface area contributed by atoms with Gasteiger partial charge in [-0.2, -0.15) is 0 Å². The van der Waals surface area contributed by atoms with Crippen molar-refractivity contribution >= 4 is 50.9 Å². The van der Waals surface area contributed by atoms with Crippen molar-refractivity contribution in [1.82, 2.24) is 4.57 Å². The van der Waals surface area contributed by atoms with Crippen LogP contribution in [0.1, 0.15) is 24.1 Å². The SMILES string of the molecule is COC(=O)C1=C(C)N=c2s/c(=C\c3ccc(O)c(Br)c3)c(=O)n2[C@H]1c1ccc(Cl)cc1. The number of methoxy groups -OCH3 is 1. The number of rotatable bonds is 3. The van der Waals surface area contributed by atoms with E-state index in [4.69, 9.17) is 16.3 Å². The van der Waals surface area contributed by atoms with Gasteiger partial charge in [0.05, 0.1) is 33.4 Å². The molecule has 0 bridgehead atoms. The average Bonchev–Trinajstić information content (AvgIpc) is 3.04. The fourth-order valence-corrected chi connectivity index (χ4v) is 4.99. The van der Waals surface area contributed by atoms with Crippen molar-refractivity contribution in [3.8, 4) is 5.75 Å². The molecule has 3 aromatic rings. The van der Waals surface area contributed by atoms with E-state index in [0.29, 0.717) is 30.1 Å². The van der Waals surface area contributed by atoms with Crippen LogP contribution in [0, 0.1) is 0 Å². The molecule has 2 aromatic carbocycles. The van der Waals surface area contributed by atoms with Gasteiger partial charge in [-0.05, 0) is 64.3 Å². The van der Waals surface area contributed by atoms with E-state index in [1.807, 2.05) is 0 Å². The lowest BCUT2D eigenvalue weighted by molar-refractivity contribution is -0.136. The van der Waals surface area contributed by atoms with Crippen molar-refractivity contribution in [1.29, 1.82) is 0 Å². The van der Waals surface area contributed by atoms with Crippen molar-refractivity contribution in [3.63, 3.8) is 0 Å². The van der Waals surface area contributed by atoms with Gasteiger partial charge in [-0.3, -0.25) is 9.36 Å². The van der Waals surface area contributed by atoms with Gasteiger partial charge in [0.1, 0.15) is 5.75 Å². The van der Waals surface area contributed by atoms with Crippen LogP contribution in [0.2, 0.25) is 5.02 Å². The van der Waals surface area contributed by atoms with Crippen LogP contribution in [0.3, 0.4) is 0 Å². The van der Waals surface area contributed by atoms with Gasteiger partial charge >= 0.3 is 5.97 Å². The number of halogens is 2. The van der Waals surface area contributed by atoms with E-state index in [1.54, 1.807) is 55.5 Å². The molecule has 0 fully saturated rings. The second kappa shape index (κ2) is 8.45. The first kappa shape index (κ1) is 21.5. The maximum Gasteiger partial charge on any atom is 0.338 e. The Morgan fingerprint density at radius 2 is 2.00 bits per heavy atom. The molecule has 1 aliphatic rings. The normalized spacial score (nSPS) is 16.1. The number of aromatic hydroxyl groups is 1. The predicted molar refractivity (Wildman–Crippen MR) is 123 cm³/mol. The zero-order valence-corrected chi connectivity index (χ0v) is 19.6. The molecule has 0 unspecified atom stereocenters. The molecule has 0 aliphatic carbocycles. The molecule has 0 saturated heterocycles. The summed E-state index contributed by atoms with van der Waals surface area (Å²) in [7, 11) is 1.30. The molecule has 158 valence electrons. The van der Waals surface area contributed by atoms with Crippen LogP contribution in [0.4, 0.5) is 0 Å². The molecule has 1 atom stereocenters. The second-order valence-electron chi connectivity index (χ2n) is 6.84. The third-order valence-corrected chi connectivity index (χ3v) is 6.75. The minimum Gasteiger partial charge on any atom is -0.507 e. The molecule has 0 radical (unpaired) electrons. The van der Waals surface area contributed by atoms with Gasteiger partial charge in [-0.25, -0.2) is 9.79 Å². The smallest absolute Gasteiger partial charge is 0.338 e. The van der Waals surface area contributed by atoms with Crippen LogP contribution < -0.4 is 14.9 Å². The average molecular weight is 520 g/mol. The summed E-state index contributed by atoms with van der Waals surface area (Å²) in [6, 6.07) is 11.3. The maximum absolute atomic E-state index is 13.4. The Labute approximate surface area is 194 Å². The van der Waals surface area contributed by atoms with E-state index in [-0.39, 0.29) is 11.3 Å². The van der Waals surface area contributed by atoms with E-state index >= 15 is 0 Å². The maximum atomic E-state index is 13.4. The standard InChI is InChI=1S/C22H16BrClN2O4S/c1-11-18(21(29)30-2)19(13-4-6-14(24)7-5-13)26-20(28)17(31-22(26)25-11)10-12-3-8-16(27)15(23)9-12/h3-10,19,27H,1-2H3/b17-10-/t19-/m0/s1. The summed E-state index contributed by atoms with van der Waals surface area (Å²) in [5.41, 5.74) is 1.98. The van der Waals surface area contributed by atoms with Crippen LogP contribution in [-0.2, 0) is 9.53 Å². The molecule has 6 nitrogen and oxygen atoms in total. The van der Waals surface area contributed by atoms with Gasteiger partial charge in [0, 0.05) is 5.02 Å². The fraction of sp³-hybridized carbons (Fsp3) is 0.136. The van der Waals surface area contributed by atoms with Crippen LogP contribution in [0.15, 0.2) is 68.0 Å². The van der Waals surface area contributed by atoms with E-state index in [2.05, 4.69) is 20.9 Å². The van der Waals surface area contributed by atoms with Crippen molar-refractivity contribution in [2.75, 3.05) is 7.11 Å². The Balaban J connectivity index is 1.97. The van der Waals surface area contributed by atoms with Gasteiger partial charge < -0.3 is 9.84 Å². The molecular weight excluding hydrogens is 504 g/mol. The number of nitrogens with zero attached hydrogens (tertiary/aromatic N) is 2. The van der Waals surface area contributed by atoms with E-state index in [0.717, 1.165) is 11.1 Å². The number of hydrogen-bond donors (Lipinski definition) is 1. The molecule has 4 rings (SSSR count). The quantitative estimate of drug-likeness (QED) is 0.537. The highest BCUT2D eigenvalue weighted by molar-refractivity contribution is 9.10. The fourth-order valence-electron chi connectivity index (χ4n) is 3.42. The lowest BCUT2D eigenvalue weighted by Gasteiger charge is -2.24. The number of esters is 1. The van der Waals surface area contributed by atoms with Gasteiger partial charge in [0.25, 0.3) is 5.56 Å². The van der Waals surface area contributed by atoms with E-state index < -0.39 is 12.0 Å². The van der Waals surface area contributed by atoms with Gasteiger partial charge in [0.15, 0.2) is 4.80 Å². The lowest BCUT2D eigenvalue weighted by atomic mass is 9.96. The Kier molecular flexibility index (Phi) is 5.88. The summed E-state index contributed by atoms with van der Waals surface area (Å²) >= 11 is 10.6. The van der Waals surface area contributed by atoms with E-state index in [1.165, 1.54) is 23.0 Å². The highest BCUT2D eigenvalue weighted by atomic mass is 79.9. The predicted octanol–water partition coefficient (Wildman–Crippen LogP) is 3.53. The number of ether oxygens (including phenoxy) is 1. The highest BCUT2D eigenvalue weighted by Gasteiger charge is 2.33. The molecule has 9 heteroatoms. The number of benzene rings is 2. The zero-order valence-electron chi connectivity index (χ0n) is 16.4. The molecule has 0 spiro atoms. The Morgan fingerprint density at radius 1 is 1.29 bits per heavy atom. The third kappa shape index (κ3) is 3.98. The number of hydrogen-bond acceptors (Lipinski definition) is 6. The number of fused-ring (bicyclic) bond motifs is 1. The first-order valence-corrected chi connectivity index (χ1v) is 11.1. The summed E-state index contributed by atoms with van der Waals surface area (Å²) in [6.45, 7) is 1.73. The van der Waals surface area contributed by atoms with Gasteiger partial charge in [-0.15, -0.1) is 0 Å². The van der Waals surface area contributed by atoms with Crippen LogP contribution in [0.5, 0.6) is 5.75 Å². The molecule has 1 aliphatic heterocycles. The summed E-state index contributed by atoms with van der Waals surface area (Å²) in [6.07, 6.45) is 1.73. The van der Waals surface area contributed by atoms with Crippen molar-refractivity contribution in [2.45, 2.75) is 13.0 Å². The first-order valence-electron chi connectivity index (χ1n) is 9.15. The number of phenols is 1. The minimum absolute atomic E-state index is 0.111. The lowest BCUT2D eigenvalue weighted by Crippen LogP contribution is -2.39. The summed E-state index contributed by atoms with van der Waals surface area (Å²) in [4.78, 5) is 31.0. The summed E-state index contributed by atoms with van der Waals surface area (Å²) < 4.78 is 7.47. The third-order valence-electron chi connectivity index (χ3n) is 4.88. The number of aromatic nitrogens is 1. The number of thiazole rings is 1. The highest BCUT2D eigenvalue weighted by Crippen LogP contribution is 2.31. The number of carbonyl (C=O) groups is 1. The monoisotopic (exact) mass is 518 g/mol. The van der Waals surface area contributed by atoms with Gasteiger partial charge in [-0.1, -0.05) is 41.1 Å². The number of carbonyl (C=O) groups excluding carboxylic acids is 1. The zero-order chi connectivity index (χ0) is 22.3. The molecule has 1 N–H and O–H groups in total. The second-order valence-corrected chi connectivity index (χ2v) is 9.14. The number of phenolic OH excluding ortho intramolecular Hbond substituents is 1. The van der Waals surface area contributed by atoms with Crippen molar-refractivity contribution < 1.29 is 14.6 Å². The minimum atomic E-state index is -0.685. The Morgan fingerprint density at radius 3 is 2.65 bits per heavy atom. The molecule has 1 aromatic heterocycles. The van der Waals surface area contributed by atoms with Crippen LogP contribution in [0.25, 0.3) is 6.08 Å². The summed E-state index contributed by atoms with van der Waals surface area (Å²) in [5.74, 6) is -0.433. The van der Waals surface area contributed by atoms with Crippen molar-refractivity contribution in [2.24, 2.45) is 4.99 Å². The van der Waals surface area contributed by atoms with Gasteiger partial charge in [0.2, 0.25) is 0 Å². The summed E-state index contributed by atoms with van der Waals surface area (Å²) in [5, 5.41) is 10.3. The Hall–Kier alpha value is -2.68. The number of allylic oxidation sites excluding steroid dienone is 1. The van der Waals surface area contributed by atoms with Crippen LogP contribution in [-0.4, -0.2) is 22.8 Å². The van der Waals surface area contributed by atoms with Crippen LogP contribution >= 0.6 is 38.9 Å². The molecule has 31 heavy (non-hydrogen) atoms. The first-order chi connectivity index (χ1) is 14.8. The Bertz CT molecular complexity index is 1410. The topological polar surface area (TPSA) is 80.9 Å². The molecular formula is C22H16BrClN2O4S. The molecule has 0 saturated carbocycles. The molecule has 0 amide bonds.